The van der Waals surface area contributed by atoms with Gasteiger partial charge >= 0.3 is 0 Å². The van der Waals surface area contributed by atoms with E-state index in [1.807, 2.05) is 24.3 Å². The van der Waals surface area contributed by atoms with E-state index in [2.05, 4.69) is 20.8 Å². The Balaban J connectivity index is 1.44. The van der Waals surface area contributed by atoms with Crippen LogP contribution in [-0.2, 0) is 9.47 Å². The predicted molar refractivity (Wildman–Crippen MR) is 126 cm³/mol. The first-order chi connectivity index (χ1) is 15.8. The molecule has 2 N–H and O–H groups in total. The quantitative estimate of drug-likeness (QED) is 0.570. The van der Waals surface area contributed by atoms with Gasteiger partial charge in [0, 0.05) is 24.8 Å². The second-order valence-electron chi connectivity index (χ2n) is 9.73. The highest BCUT2D eigenvalue weighted by molar-refractivity contribution is 5.38. The highest BCUT2D eigenvalue weighted by Gasteiger charge is 2.51. The Kier molecular flexibility index (Phi) is 7.05. The van der Waals surface area contributed by atoms with Crippen LogP contribution in [0, 0.1) is 17.8 Å². The van der Waals surface area contributed by atoms with Gasteiger partial charge in [0.15, 0.2) is 5.79 Å². The van der Waals surface area contributed by atoms with Crippen molar-refractivity contribution in [3.63, 3.8) is 0 Å². The lowest BCUT2D eigenvalue weighted by Gasteiger charge is -2.53. The van der Waals surface area contributed by atoms with Crippen molar-refractivity contribution in [2.45, 2.75) is 64.4 Å². The van der Waals surface area contributed by atoms with Crippen LogP contribution >= 0.6 is 0 Å². The van der Waals surface area contributed by atoms with Crippen LogP contribution in [0.4, 0.5) is 0 Å². The molecule has 2 aliphatic heterocycles. The maximum absolute atomic E-state index is 9.99. The lowest BCUT2D eigenvalue weighted by Crippen LogP contribution is -2.55. The number of phenols is 2. The summed E-state index contributed by atoms with van der Waals surface area (Å²) in [5.41, 5.74) is 0.785. The molecule has 2 fully saturated rings. The van der Waals surface area contributed by atoms with Gasteiger partial charge in [0.25, 0.3) is 0 Å². The molecule has 0 unspecified atom stereocenters. The van der Waals surface area contributed by atoms with Crippen LogP contribution in [-0.4, -0.2) is 35.8 Å². The Hall–Kier alpha value is -2.44. The Morgan fingerprint density at radius 3 is 2.27 bits per heavy atom. The van der Waals surface area contributed by atoms with E-state index in [1.54, 1.807) is 19.2 Å². The molecule has 1 spiro atoms. The largest absolute Gasteiger partial charge is 0.508 e. The highest BCUT2D eigenvalue weighted by atomic mass is 16.7. The molecular weight excluding hydrogens is 420 g/mol. The topological polar surface area (TPSA) is 77.4 Å². The molecular formula is C27H36O6. The van der Waals surface area contributed by atoms with E-state index in [0.717, 1.165) is 42.7 Å². The number of hydrogen-bond acceptors (Lipinski definition) is 6. The molecule has 6 nitrogen and oxygen atoms in total. The zero-order valence-electron chi connectivity index (χ0n) is 20.0. The van der Waals surface area contributed by atoms with Crippen molar-refractivity contribution in [3.05, 3.63) is 48.0 Å². The number of phenolic OH excluding ortho intramolecular Hbond substituents is 2. The summed E-state index contributed by atoms with van der Waals surface area (Å²) in [5.74, 6) is 1.93. The van der Waals surface area contributed by atoms with Gasteiger partial charge in [0.2, 0.25) is 0 Å². The molecule has 33 heavy (non-hydrogen) atoms. The van der Waals surface area contributed by atoms with E-state index in [9.17, 15) is 10.2 Å². The monoisotopic (exact) mass is 456 g/mol. The summed E-state index contributed by atoms with van der Waals surface area (Å²) in [7, 11) is 1.65. The minimum Gasteiger partial charge on any atom is -0.508 e. The summed E-state index contributed by atoms with van der Waals surface area (Å²) in [4.78, 5) is 0. The fourth-order valence-electron chi connectivity index (χ4n) is 5.28. The van der Waals surface area contributed by atoms with Crippen molar-refractivity contribution in [1.29, 1.82) is 0 Å². The minimum atomic E-state index is -0.671. The first-order valence-electron chi connectivity index (χ1n) is 11.9. The molecule has 0 amide bonds. The zero-order valence-corrected chi connectivity index (χ0v) is 20.0. The van der Waals surface area contributed by atoms with Crippen LogP contribution < -0.4 is 9.47 Å². The molecule has 0 bridgehead atoms. The van der Waals surface area contributed by atoms with Crippen LogP contribution in [0.2, 0.25) is 0 Å². The van der Waals surface area contributed by atoms with Gasteiger partial charge in [-0.2, -0.15) is 0 Å². The lowest BCUT2D eigenvalue weighted by molar-refractivity contribution is -0.355. The second-order valence-corrected chi connectivity index (χ2v) is 9.73. The SMILES string of the molecule is COc1ccc(OCC[C@H]2O[C@@]3(CC[C@H](C)[C@@H](c4cc(O)cc(O)c4)O3)[C@@H](C)C[C@@H]2C)cc1. The van der Waals surface area contributed by atoms with E-state index in [-0.39, 0.29) is 35.5 Å². The summed E-state index contributed by atoms with van der Waals surface area (Å²) in [6, 6.07) is 12.3. The van der Waals surface area contributed by atoms with Crippen molar-refractivity contribution in [3.8, 4) is 23.0 Å². The van der Waals surface area contributed by atoms with Crippen LogP contribution in [0.1, 0.15) is 58.1 Å². The molecule has 0 radical (unpaired) electrons. The number of rotatable bonds is 6. The maximum atomic E-state index is 9.99. The maximum Gasteiger partial charge on any atom is 0.172 e. The molecule has 0 aliphatic carbocycles. The van der Waals surface area contributed by atoms with E-state index in [1.165, 1.54) is 6.07 Å². The molecule has 180 valence electrons. The molecule has 2 saturated heterocycles. The molecule has 0 saturated carbocycles. The lowest BCUT2D eigenvalue weighted by atomic mass is 9.77. The Morgan fingerprint density at radius 1 is 0.939 bits per heavy atom. The summed E-state index contributed by atoms with van der Waals surface area (Å²) in [6.45, 7) is 7.14. The smallest absolute Gasteiger partial charge is 0.172 e. The zero-order chi connectivity index (χ0) is 23.6. The van der Waals surface area contributed by atoms with E-state index >= 15 is 0 Å². The molecule has 2 aromatic carbocycles. The summed E-state index contributed by atoms with van der Waals surface area (Å²) < 4.78 is 24.6. The summed E-state index contributed by atoms with van der Waals surface area (Å²) in [6.07, 6.45) is 3.36. The number of ether oxygens (including phenoxy) is 4. The molecule has 4 rings (SSSR count). The van der Waals surface area contributed by atoms with E-state index < -0.39 is 5.79 Å². The third-order valence-corrected chi connectivity index (χ3v) is 7.24. The van der Waals surface area contributed by atoms with E-state index in [0.29, 0.717) is 12.5 Å². The molecule has 6 atom stereocenters. The van der Waals surface area contributed by atoms with Crippen molar-refractivity contribution in [2.75, 3.05) is 13.7 Å². The first-order valence-corrected chi connectivity index (χ1v) is 11.9. The van der Waals surface area contributed by atoms with Gasteiger partial charge in [-0.25, -0.2) is 0 Å². The average Bonchev–Trinajstić information content (AvgIpc) is 2.78. The van der Waals surface area contributed by atoms with Crippen molar-refractivity contribution >= 4 is 0 Å². The fourth-order valence-corrected chi connectivity index (χ4v) is 5.28. The first kappa shape index (κ1) is 23.7. The van der Waals surface area contributed by atoms with Crippen molar-refractivity contribution in [2.24, 2.45) is 17.8 Å². The number of benzene rings is 2. The summed E-state index contributed by atoms with van der Waals surface area (Å²) >= 11 is 0. The molecule has 2 heterocycles. The van der Waals surface area contributed by atoms with Crippen LogP contribution in [0.5, 0.6) is 23.0 Å². The number of aromatic hydroxyl groups is 2. The second kappa shape index (κ2) is 9.82. The van der Waals surface area contributed by atoms with Gasteiger partial charge in [-0.05, 0) is 66.6 Å². The van der Waals surface area contributed by atoms with Crippen molar-refractivity contribution < 1.29 is 29.2 Å². The summed E-state index contributed by atoms with van der Waals surface area (Å²) in [5, 5.41) is 20.0. The number of methoxy groups -OCH3 is 1. The Morgan fingerprint density at radius 2 is 1.61 bits per heavy atom. The normalized spacial score (nSPS) is 31.9. The van der Waals surface area contributed by atoms with Gasteiger partial charge in [-0.1, -0.05) is 20.8 Å². The minimum absolute atomic E-state index is 0.0334. The van der Waals surface area contributed by atoms with Crippen molar-refractivity contribution in [1.82, 2.24) is 0 Å². The van der Waals surface area contributed by atoms with Gasteiger partial charge in [-0.3, -0.25) is 0 Å². The molecule has 2 aromatic rings. The van der Waals surface area contributed by atoms with Gasteiger partial charge in [0.1, 0.15) is 23.0 Å². The Labute approximate surface area is 196 Å². The number of hydrogen-bond donors (Lipinski definition) is 2. The van der Waals surface area contributed by atoms with Crippen LogP contribution in [0.25, 0.3) is 0 Å². The predicted octanol–water partition coefficient (Wildman–Crippen LogP) is 5.82. The fraction of sp³-hybridized carbons (Fsp3) is 0.556. The third-order valence-electron chi connectivity index (χ3n) is 7.24. The van der Waals surface area contributed by atoms with Crippen LogP contribution in [0.3, 0.4) is 0 Å². The van der Waals surface area contributed by atoms with E-state index in [4.69, 9.17) is 18.9 Å². The third kappa shape index (κ3) is 5.22. The highest BCUT2D eigenvalue weighted by Crippen LogP contribution is 2.50. The average molecular weight is 457 g/mol. The van der Waals surface area contributed by atoms with Gasteiger partial charge < -0.3 is 29.2 Å². The van der Waals surface area contributed by atoms with Crippen LogP contribution in [0.15, 0.2) is 42.5 Å². The Bertz CT molecular complexity index is 908. The molecule has 2 aliphatic rings. The van der Waals surface area contributed by atoms with Gasteiger partial charge in [0.05, 0.1) is 25.9 Å². The van der Waals surface area contributed by atoms with Gasteiger partial charge in [-0.15, -0.1) is 0 Å². The standard InChI is InChI=1S/C27H36O6/c1-17-9-11-27(33-26(17)20-14-21(28)16-22(29)15-20)19(3)13-18(2)25(32-27)10-12-31-24-7-5-23(30-4)6-8-24/h5-8,14-19,25-26,28-29H,9-13H2,1-4H3/t17-,18-,19-,25+,26-,27+/m0/s1. The molecule has 0 aromatic heterocycles. The molecule has 6 heteroatoms.